The van der Waals surface area contributed by atoms with Crippen LogP contribution in [0.3, 0.4) is 0 Å². The Hall–Kier alpha value is -1.08. The van der Waals surface area contributed by atoms with Gasteiger partial charge in [-0.25, -0.2) is 0 Å². The van der Waals surface area contributed by atoms with E-state index in [9.17, 15) is 9.59 Å². The fourth-order valence-electron chi connectivity index (χ4n) is 1.82. The molecule has 2 heterocycles. The number of amides is 2. The van der Waals surface area contributed by atoms with Crippen LogP contribution >= 0.6 is 11.8 Å². The summed E-state index contributed by atoms with van der Waals surface area (Å²) in [5, 5.41) is 3.24. The zero-order valence-corrected chi connectivity index (χ0v) is 11.2. The summed E-state index contributed by atoms with van der Waals surface area (Å²) in [6.07, 6.45) is 0.418. The number of ether oxygens (including phenoxy) is 1. The number of aliphatic imine (C=N–C) groups is 1. The summed E-state index contributed by atoms with van der Waals surface area (Å²) in [4.78, 5) is 29.3. The number of nitrogens with one attached hydrogen (secondary N) is 1. The molecular weight excluding hydrogens is 254 g/mol. The summed E-state index contributed by atoms with van der Waals surface area (Å²) < 4.78 is 5.19. The maximum atomic E-state index is 11.9. The highest BCUT2D eigenvalue weighted by Crippen LogP contribution is 2.12. The summed E-state index contributed by atoms with van der Waals surface area (Å²) in [5.74, 6) is 0.351. The summed E-state index contributed by atoms with van der Waals surface area (Å²) >= 11 is 1.29. The molecule has 1 N–H and O–H groups in total. The molecular formula is C11H17N3O3S. The molecule has 0 bridgehead atoms. The molecule has 2 rings (SSSR count). The molecule has 6 nitrogen and oxygen atoms in total. The lowest BCUT2D eigenvalue weighted by Crippen LogP contribution is -2.42. The van der Waals surface area contributed by atoms with E-state index < -0.39 is 0 Å². The van der Waals surface area contributed by atoms with E-state index in [-0.39, 0.29) is 17.9 Å². The van der Waals surface area contributed by atoms with Gasteiger partial charge in [-0.1, -0.05) is 11.8 Å². The lowest BCUT2D eigenvalue weighted by Gasteiger charge is -2.27. The molecule has 0 saturated carbocycles. The summed E-state index contributed by atoms with van der Waals surface area (Å²) in [7, 11) is 0. The van der Waals surface area contributed by atoms with Crippen molar-refractivity contribution < 1.29 is 14.3 Å². The molecule has 1 atom stereocenters. The summed E-state index contributed by atoms with van der Waals surface area (Å²) in [5.41, 5.74) is 0. The monoisotopic (exact) mass is 271 g/mol. The molecule has 0 spiro atoms. The summed E-state index contributed by atoms with van der Waals surface area (Å²) in [6.45, 7) is 4.39. The van der Waals surface area contributed by atoms with Crippen molar-refractivity contribution in [3.05, 3.63) is 0 Å². The van der Waals surface area contributed by atoms with Crippen molar-refractivity contribution in [2.24, 2.45) is 4.99 Å². The van der Waals surface area contributed by atoms with Crippen LogP contribution in [0.4, 0.5) is 0 Å². The zero-order valence-electron chi connectivity index (χ0n) is 10.3. The van der Waals surface area contributed by atoms with Crippen LogP contribution in [0.25, 0.3) is 0 Å². The predicted molar refractivity (Wildman–Crippen MR) is 69.5 cm³/mol. The van der Waals surface area contributed by atoms with Crippen LogP contribution in [-0.4, -0.2) is 60.0 Å². The van der Waals surface area contributed by atoms with Gasteiger partial charge in [-0.3, -0.25) is 14.6 Å². The van der Waals surface area contributed by atoms with E-state index in [1.54, 1.807) is 4.90 Å². The van der Waals surface area contributed by atoms with Crippen molar-refractivity contribution in [2.75, 3.05) is 32.1 Å². The average molecular weight is 271 g/mol. The molecule has 0 aromatic heterocycles. The highest BCUT2D eigenvalue weighted by molar-refractivity contribution is 8.14. The Morgan fingerprint density at radius 2 is 2.28 bits per heavy atom. The number of carbonyl (C=O) groups is 2. The van der Waals surface area contributed by atoms with Gasteiger partial charge in [0.25, 0.3) is 0 Å². The molecule has 0 unspecified atom stereocenters. The number of carbonyl (C=O) groups excluding carboxylic acids is 2. The maximum Gasteiger partial charge on any atom is 0.233 e. The Bertz CT molecular complexity index is 367. The first kappa shape index (κ1) is 13.4. The molecule has 0 aliphatic carbocycles. The van der Waals surface area contributed by atoms with Crippen LogP contribution in [0.2, 0.25) is 0 Å². The molecule has 100 valence electrons. The molecule has 2 amide bonds. The van der Waals surface area contributed by atoms with Crippen molar-refractivity contribution in [1.29, 1.82) is 0 Å². The van der Waals surface area contributed by atoms with E-state index in [2.05, 4.69) is 10.3 Å². The lowest BCUT2D eigenvalue weighted by molar-refractivity contribution is -0.132. The van der Waals surface area contributed by atoms with Crippen molar-refractivity contribution in [2.45, 2.75) is 19.4 Å². The third-order valence-electron chi connectivity index (χ3n) is 2.76. The molecule has 1 saturated heterocycles. The third kappa shape index (κ3) is 3.71. The number of morpholine rings is 1. The SMILES string of the molecule is C[C@@H]1CC(=O)NC(SCC(=O)N2CCOCC2)=N1. The minimum absolute atomic E-state index is 0.000242. The fraction of sp³-hybridized carbons (Fsp3) is 0.727. The van der Waals surface area contributed by atoms with E-state index in [4.69, 9.17) is 4.74 Å². The van der Waals surface area contributed by atoms with Crippen LogP contribution < -0.4 is 5.32 Å². The molecule has 0 aromatic rings. The van der Waals surface area contributed by atoms with Gasteiger partial charge < -0.3 is 15.0 Å². The first-order valence-electron chi connectivity index (χ1n) is 6.01. The Morgan fingerprint density at radius 3 is 2.94 bits per heavy atom. The molecule has 2 aliphatic heterocycles. The number of rotatable bonds is 2. The van der Waals surface area contributed by atoms with E-state index in [1.807, 2.05) is 6.92 Å². The standard InChI is InChI=1S/C11H17N3O3S/c1-8-6-9(15)13-11(12-8)18-7-10(16)14-2-4-17-5-3-14/h8H,2-7H2,1H3,(H,12,13,15)/t8-/m1/s1. The predicted octanol–water partition coefficient (Wildman–Crippen LogP) is -0.157. The zero-order chi connectivity index (χ0) is 13.0. The molecule has 7 heteroatoms. The number of hydrogen-bond donors (Lipinski definition) is 1. The van der Waals surface area contributed by atoms with Crippen molar-refractivity contribution in [1.82, 2.24) is 10.2 Å². The van der Waals surface area contributed by atoms with Crippen LogP contribution in [0, 0.1) is 0 Å². The molecule has 0 aromatic carbocycles. The van der Waals surface area contributed by atoms with Crippen LogP contribution in [-0.2, 0) is 14.3 Å². The highest BCUT2D eigenvalue weighted by atomic mass is 32.2. The number of nitrogens with zero attached hydrogens (tertiary/aromatic N) is 2. The van der Waals surface area contributed by atoms with Gasteiger partial charge in [0.2, 0.25) is 11.8 Å². The molecule has 2 aliphatic rings. The van der Waals surface area contributed by atoms with E-state index in [0.717, 1.165) is 0 Å². The van der Waals surface area contributed by atoms with Gasteiger partial charge in [-0.15, -0.1) is 0 Å². The second-order valence-electron chi connectivity index (χ2n) is 4.32. The van der Waals surface area contributed by atoms with Gasteiger partial charge in [-0.2, -0.15) is 0 Å². The van der Waals surface area contributed by atoms with Crippen molar-refractivity contribution in [3.8, 4) is 0 Å². The first-order valence-corrected chi connectivity index (χ1v) is 6.99. The maximum absolute atomic E-state index is 11.9. The average Bonchev–Trinajstić information content (AvgIpc) is 2.36. The van der Waals surface area contributed by atoms with Crippen molar-refractivity contribution in [3.63, 3.8) is 0 Å². The largest absolute Gasteiger partial charge is 0.378 e. The van der Waals surface area contributed by atoms with Gasteiger partial charge in [0, 0.05) is 19.5 Å². The van der Waals surface area contributed by atoms with Gasteiger partial charge in [0.1, 0.15) is 0 Å². The highest BCUT2D eigenvalue weighted by Gasteiger charge is 2.21. The molecule has 18 heavy (non-hydrogen) atoms. The Labute approximate surface area is 110 Å². The van der Waals surface area contributed by atoms with Gasteiger partial charge in [0.15, 0.2) is 5.17 Å². The number of hydrogen-bond acceptors (Lipinski definition) is 5. The van der Waals surface area contributed by atoms with Crippen LogP contribution in [0.15, 0.2) is 4.99 Å². The fourth-order valence-corrected chi connectivity index (χ4v) is 2.71. The smallest absolute Gasteiger partial charge is 0.233 e. The topological polar surface area (TPSA) is 71.0 Å². The molecule has 1 fully saturated rings. The summed E-state index contributed by atoms with van der Waals surface area (Å²) in [6, 6.07) is -0.000242. The Morgan fingerprint density at radius 1 is 1.56 bits per heavy atom. The van der Waals surface area contributed by atoms with Crippen LogP contribution in [0.5, 0.6) is 0 Å². The van der Waals surface area contributed by atoms with E-state index in [0.29, 0.717) is 43.6 Å². The quantitative estimate of drug-likeness (QED) is 0.758. The van der Waals surface area contributed by atoms with E-state index >= 15 is 0 Å². The Balaban J connectivity index is 1.80. The number of amidine groups is 1. The van der Waals surface area contributed by atoms with Crippen molar-refractivity contribution >= 4 is 28.7 Å². The van der Waals surface area contributed by atoms with Gasteiger partial charge in [0.05, 0.1) is 25.0 Å². The molecule has 0 radical (unpaired) electrons. The normalized spacial score (nSPS) is 24.5. The Kier molecular flexibility index (Phi) is 4.60. The lowest BCUT2D eigenvalue weighted by atomic mass is 10.2. The second kappa shape index (κ2) is 6.19. The minimum Gasteiger partial charge on any atom is -0.378 e. The van der Waals surface area contributed by atoms with Crippen LogP contribution in [0.1, 0.15) is 13.3 Å². The van der Waals surface area contributed by atoms with Gasteiger partial charge >= 0.3 is 0 Å². The first-order chi connectivity index (χ1) is 8.65. The third-order valence-corrected chi connectivity index (χ3v) is 3.63. The second-order valence-corrected chi connectivity index (χ2v) is 5.28. The van der Waals surface area contributed by atoms with E-state index in [1.165, 1.54) is 11.8 Å². The van der Waals surface area contributed by atoms with Gasteiger partial charge in [-0.05, 0) is 6.92 Å². The number of thioether (sulfide) groups is 1. The minimum atomic E-state index is -0.0289.